The average Bonchev–Trinajstić information content (AvgIpc) is 2.76. The molecular formula is C17H17BrN2O4S. The first kappa shape index (κ1) is 17.8. The number of ether oxygens (including phenoxy) is 1. The molecule has 0 bridgehead atoms. The molecule has 1 amide bonds. The van der Waals surface area contributed by atoms with E-state index in [1.165, 1.54) is 4.31 Å². The van der Waals surface area contributed by atoms with Crippen molar-refractivity contribution in [2.24, 2.45) is 0 Å². The maximum atomic E-state index is 12.6. The van der Waals surface area contributed by atoms with Crippen molar-refractivity contribution in [2.45, 2.75) is 12.5 Å². The zero-order valence-corrected chi connectivity index (χ0v) is 15.9. The molecule has 1 heterocycles. The summed E-state index contributed by atoms with van der Waals surface area (Å²) in [7, 11) is -3.46. The fraction of sp³-hybridized carbons (Fsp3) is 0.235. The van der Waals surface area contributed by atoms with E-state index in [1.807, 2.05) is 12.1 Å². The van der Waals surface area contributed by atoms with Crippen LogP contribution in [0.15, 0.2) is 53.0 Å². The van der Waals surface area contributed by atoms with Crippen LogP contribution in [-0.2, 0) is 14.8 Å². The summed E-state index contributed by atoms with van der Waals surface area (Å²) in [5.41, 5.74) is 1.10. The van der Waals surface area contributed by atoms with Gasteiger partial charge in [-0.2, -0.15) is 0 Å². The van der Waals surface area contributed by atoms with Crippen molar-refractivity contribution in [2.75, 3.05) is 22.4 Å². The van der Waals surface area contributed by atoms with Gasteiger partial charge in [-0.15, -0.1) is 0 Å². The maximum absolute atomic E-state index is 12.6. The van der Waals surface area contributed by atoms with Gasteiger partial charge in [0.1, 0.15) is 5.75 Å². The first-order valence-corrected chi connectivity index (χ1v) is 10.3. The van der Waals surface area contributed by atoms with Crippen LogP contribution in [0.1, 0.15) is 6.42 Å². The first-order chi connectivity index (χ1) is 11.8. The zero-order valence-electron chi connectivity index (χ0n) is 13.5. The van der Waals surface area contributed by atoms with E-state index in [-0.39, 0.29) is 18.9 Å². The van der Waals surface area contributed by atoms with E-state index in [1.54, 1.807) is 36.4 Å². The Balaban J connectivity index is 1.83. The van der Waals surface area contributed by atoms with Gasteiger partial charge >= 0.3 is 0 Å². The Morgan fingerprint density at radius 1 is 1.20 bits per heavy atom. The van der Waals surface area contributed by atoms with Crippen molar-refractivity contribution in [3.8, 4) is 5.75 Å². The number of fused-ring (bicyclic) bond motifs is 1. The lowest BCUT2D eigenvalue weighted by atomic mass is 10.2. The standard InChI is InChI=1S/C17H17BrN2O4S/c1-25(22,23)20-11-10-16(24-15-5-3-2-4-14(15)20)17(21)19-13-8-6-12(18)7-9-13/h2-9,16H,10-11H2,1H3,(H,19,21). The van der Waals surface area contributed by atoms with Crippen LogP contribution in [0.5, 0.6) is 5.75 Å². The minimum absolute atomic E-state index is 0.175. The van der Waals surface area contributed by atoms with Crippen LogP contribution in [-0.4, -0.2) is 33.2 Å². The summed E-state index contributed by atoms with van der Waals surface area (Å²) in [5.74, 6) is 0.0638. The second kappa shape index (κ2) is 7.05. The van der Waals surface area contributed by atoms with Gasteiger partial charge in [0, 0.05) is 23.1 Å². The first-order valence-electron chi connectivity index (χ1n) is 7.64. The van der Waals surface area contributed by atoms with Crippen molar-refractivity contribution in [3.05, 3.63) is 53.0 Å². The molecule has 6 nitrogen and oxygen atoms in total. The SMILES string of the molecule is CS(=O)(=O)N1CCC(C(=O)Nc2ccc(Br)cc2)Oc2ccccc21. The predicted molar refractivity (Wildman–Crippen MR) is 100 cm³/mol. The molecular weight excluding hydrogens is 408 g/mol. The van der Waals surface area contributed by atoms with Crippen molar-refractivity contribution in [3.63, 3.8) is 0 Å². The second-order valence-electron chi connectivity index (χ2n) is 5.69. The largest absolute Gasteiger partial charge is 0.478 e. The summed E-state index contributed by atoms with van der Waals surface area (Å²) in [6, 6.07) is 14.0. The number of amides is 1. The number of anilines is 2. The van der Waals surface area contributed by atoms with E-state index in [9.17, 15) is 13.2 Å². The number of nitrogens with one attached hydrogen (secondary N) is 1. The van der Waals surface area contributed by atoms with Crippen LogP contribution in [0.4, 0.5) is 11.4 Å². The van der Waals surface area contributed by atoms with Crippen molar-refractivity contribution in [1.82, 2.24) is 0 Å². The number of hydrogen-bond acceptors (Lipinski definition) is 4. The molecule has 0 aromatic heterocycles. The van der Waals surface area contributed by atoms with Crippen LogP contribution in [0.25, 0.3) is 0 Å². The topological polar surface area (TPSA) is 75.7 Å². The van der Waals surface area contributed by atoms with Gasteiger partial charge in [0.2, 0.25) is 10.0 Å². The van der Waals surface area contributed by atoms with Crippen LogP contribution in [0.3, 0.4) is 0 Å². The molecule has 1 aliphatic heterocycles. The van der Waals surface area contributed by atoms with E-state index >= 15 is 0 Å². The van der Waals surface area contributed by atoms with Crippen molar-refractivity contribution >= 4 is 43.2 Å². The molecule has 1 N–H and O–H groups in total. The molecule has 2 aromatic carbocycles. The second-order valence-corrected chi connectivity index (χ2v) is 8.52. The summed E-state index contributed by atoms with van der Waals surface area (Å²) in [5, 5.41) is 2.80. The molecule has 1 atom stereocenters. The molecule has 132 valence electrons. The highest BCUT2D eigenvalue weighted by molar-refractivity contribution is 9.10. The predicted octanol–water partition coefficient (Wildman–Crippen LogP) is 3.00. The van der Waals surface area contributed by atoms with Crippen molar-refractivity contribution < 1.29 is 17.9 Å². The van der Waals surface area contributed by atoms with Gasteiger partial charge < -0.3 is 10.1 Å². The number of carbonyl (C=O) groups is 1. The highest BCUT2D eigenvalue weighted by Crippen LogP contribution is 2.34. The minimum Gasteiger partial charge on any atom is -0.478 e. The Morgan fingerprint density at radius 2 is 1.88 bits per heavy atom. The monoisotopic (exact) mass is 424 g/mol. The van der Waals surface area contributed by atoms with E-state index in [2.05, 4.69) is 21.2 Å². The Kier molecular flexibility index (Phi) is 5.01. The van der Waals surface area contributed by atoms with Gasteiger partial charge in [0.05, 0.1) is 11.9 Å². The average molecular weight is 425 g/mol. The smallest absolute Gasteiger partial charge is 0.265 e. The Labute approximate surface area is 155 Å². The lowest BCUT2D eigenvalue weighted by molar-refractivity contribution is -0.122. The highest BCUT2D eigenvalue weighted by atomic mass is 79.9. The van der Waals surface area contributed by atoms with Gasteiger partial charge in [-0.05, 0) is 36.4 Å². The molecule has 0 fully saturated rings. The number of rotatable bonds is 3. The molecule has 0 spiro atoms. The molecule has 0 saturated carbocycles. The Hall–Kier alpha value is -2.06. The van der Waals surface area contributed by atoms with Gasteiger partial charge in [-0.3, -0.25) is 9.10 Å². The molecule has 2 aromatic rings. The number of hydrogen-bond donors (Lipinski definition) is 1. The molecule has 0 radical (unpaired) electrons. The normalized spacial score (nSPS) is 17.2. The van der Waals surface area contributed by atoms with Gasteiger partial charge in [-0.1, -0.05) is 28.1 Å². The van der Waals surface area contributed by atoms with Gasteiger partial charge in [0.15, 0.2) is 6.10 Å². The molecule has 1 aliphatic rings. The van der Waals surface area contributed by atoms with Gasteiger partial charge in [-0.25, -0.2) is 8.42 Å². The summed E-state index contributed by atoms with van der Waals surface area (Å²) >= 11 is 3.34. The lowest BCUT2D eigenvalue weighted by Gasteiger charge is -2.20. The number of nitrogens with zero attached hydrogens (tertiary/aromatic N) is 1. The molecule has 3 rings (SSSR count). The molecule has 0 saturated heterocycles. The fourth-order valence-corrected chi connectivity index (χ4v) is 3.82. The molecule has 1 unspecified atom stereocenters. The van der Waals surface area contributed by atoms with Crippen LogP contribution >= 0.6 is 15.9 Å². The molecule has 25 heavy (non-hydrogen) atoms. The van der Waals surface area contributed by atoms with E-state index in [0.29, 0.717) is 17.1 Å². The maximum Gasteiger partial charge on any atom is 0.265 e. The third-order valence-electron chi connectivity index (χ3n) is 3.80. The summed E-state index contributed by atoms with van der Waals surface area (Å²) in [6.45, 7) is 0.175. The van der Waals surface area contributed by atoms with Crippen LogP contribution < -0.4 is 14.4 Å². The van der Waals surface area contributed by atoms with Crippen LogP contribution in [0, 0.1) is 0 Å². The summed E-state index contributed by atoms with van der Waals surface area (Å²) < 4.78 is 32.1. The van der Waals surface area contributed by atoms with E-state index in [0.717, 1.165) is 10.7 Å². The quantitative estimate of drug-likeness (QED) is 0.821. The number of benzene rings is 2. The molecule has 0 aliphatic carbocycles. The summed E-state index contributed by atoms with van der Waals surface area (Å²) in [6.07, 6.45) is 0.618. The third-order valence-corrected chi connectivity index (χ3v) is 5.51. The Bertz CT molecular complexity index is 884. The molecule has 8 heteroatoms. The van der Waals surface area contributed by atoms with Gasteiger partial charge in [0.25, 0.3) is 5.91 Å². The lowest BCUT2D eigenvalue weighted by Crippen LogP contribution is -2.35. The number of carbonyl (C=O) groups excluding carboxylic acids is 1. The van der Waals surface area contributed by atoms with Crippen molar-refractivity contribution in [1.29, 1.82) is 0 Å². The third kappa shape index (κ3) is 4.13. The Morgan fingerprint density at radius 3 is 2.56 bits per heavy atom. The minimum atomic E-state index is -3.46. The zero-order chi connectivity index (χ0) is 18.0. The number of para-hydroxylation sites is 2. The van der Waals surface area contributed by atoms with Crippen LogP contribution in [0.2, 0.25) is 0 Å². The number of halogens is 1. The highest BCUT2D eigenvalue weighted by Gasteiger charge is 2.30. The number of sulfonamides is 1. The van der Waals surface area contributed by atoms with E-state index in [4.69, 9.17) is 4.74 Å². The van der Waals surface area contributed by atoms with E-state index < -0.39 is 16.1 Å². The fourth-order valence-electron chi connectivity index (χ4n) is 2.62. The summed E-state index contributed by atoms with van der Waals surface area (Å²) in [4.78, 5) is 12.6.